The molecule has 1 amide bonds. The molecule has 2 rings (SSSR count). The summed E-state index contributed by atoms with van der Waals surface area (Å²) in [5, 5.41) is 9.46. The second kappa shape index (κ2) is 7.03. The topological polar surface area (TPSA) is 54.0 Å². The smallest absolute Gasteiger partial charge is 0.221 e. The van der Waals surface area contributed by atoms with Crippen LogP contribution >= 0.6 is 11.3 Å². The number of benzene rings is 1. The Balaban J connectivity index is 1.97. The fraction of sp³-hybridized carbons (Fsp3) is 0.412. The number of hydrogen-bond acceptors (Lipinski definition) is 4. The summed E-state index contributed by atoms with van der Waals surface area (Å²) in [7, 11) is 0. The fourth-order valence-electron chi connectivity index (χ4n) is 2.03. The van der Waals surface area contributed by atoms with E-state index in [4.69, 9.17) is 0 Å². The lowest BCUT2D eigenvalue weighted by molar-refractivity contribution is -0.114. The van der Waals surface area contributed by atoms with Crippen molar-refractivity contribution >= 4 is 22.9 Å². The molecule has 0 spiro atoms. The van der Waals surface area contributed by atoms with E-state index in [2.05, 4.69) is 41.8 Å². The van der Waals surface area contributed by atoms with Crippen LogP contribution in [0.3, 0.4) is 0 Å². The molecule has 118 valence electrons. The highest BCUT2D eigenvalue weighted by Gasteiger charge is 2.09. The first-order valence-electron chi connectivity index (χ1n) is 7.41. The summed E-state index contributed by atoms with van der Waals surface area (Å²) in [6, 6.07) is 7.77. The van der Waals surface area contributed by atoms with E-state index in [0.717, 1.165) is 34.9 Å². The van der Waals surface area contributed by atoms with Crippen molar-refractivity contribution in [2.24, 2.45) is 0 Å². The van der Waals surface area contributed by atoms with E-state index >= 15 is 0 Å². The molecule has 0 unspecified atom stereocenters. The van der Waals surface area contributed by atoms with E-state index < -0.39 is 0 Å². The standard InChI is InChI=1S/C17H23N3OS/c1-12(21)19-14-7-5-13(6-8-14)15-11-22-16(20-15)9-10-18-17(2,3)4/h5-8,11,18H,9-10H2,1-4H3,(H,19,21). The zero-order chi connectivity index (χ0) is 16.2. The van der Waals surface area contributed by atoms with Gasteiger partial charge in [-0.15, -0.1) is 11.3 Å². The van der Waals surface area contributed by atoms with Gasteiger partial charge in [0.25, 0.3) is 0 Å². The molecule has 0 radical (unpaired) electrons. The second-order valence-corrected chi connectivity index (χ2v) is 7.25. The average molecular weight is 317 g/mol. The van der Waals surface area contributed by atoms with Crippen LogP contribution in [0.25, 0.3) is 11.3 Å². The number of nitrogens with zero attached hydrogens (tertiary/aromatic N) is 1. The van der Waals surface area contributed by atoms with Crippen LogP contribution in [0.2, 0.25) is 0 Å². The molecule has 5 heteroatoms. The highest BCUT2D eigenvalue weighted by atomic mass is 32.1. The summed E-state index contributed by atoms with van der Waals surface area (Å²) in [6.07, 6.45) is 0.936. The van der Waals surface area contributed by atoms with Crippen molar-refractivity contribution in [3.63, 3.8) is 0 Å². The summed E-state index contributed by atoms with van der Waals surface area (Å²) in [5.74, 6) is -0.0601. The van der Waals surface area contributed by atoms with Crippen LogP contribution in [0.4, 0.5) is 5.69 Å². The zero-order valence-electron chi connectivity index (χ0n) is 13.6. The van der Waals surface area contributed by atoms with Gasteiger partial charge in [-0.2, -0.15) is 0 Å². The summed E-state index contributed by atoms with van der Waals surface area (Å²) in [6.45, 7) is 8.93. The SMILES string of the molecule is CC(=O)Nc1ccc(-c2csc(CCNC(C)(C)C)n2)cc1. The third-order valence-electron chi connectivity index (χ3n) is 3.05. The van der Waals surface area contributed by atoms with Gasteiger partial charge in [-0.25, -0.2) is 4.98 Å². The average Bonchev–Trinajstić information content (AvgIpc) is 2.86. The summed E-state index contributed by atoms with van der Waals surface area (Å²) >= 11 is 1.69. The monoisotopic (exact) mass is 317 g/mol. The van der Waals surface area contributed by atoms with E-state index in [0.29, 0.717) is 0 Å². The molecule has 0 aliphatic heterocycles. The predicted molar refractivity (Wildman–Crippen MR) is 93.3 cm³/mol. The lowest BCUT2D eigenvalue weighted by atomic mass is 10.1. The lowest BCUT2D eigenvalue weighted by Crippen LogP contribution is -2.37. The number of carbonyl (C=O) groups is 1. The molecule has 0 bridgehead atoms. The normalized spacial score (nSPS) is 11.5. The van der Waals surface area contributed by atoms with Crippen LogP contribution < -0.4 is 10.6 Å². The molecule has 0 fully saturated rings. The molecule has 1 aromatic heterocycles. The Hall–Kier alpha value is -1.72. The third-order valence-corrected chi connectivity index (χ3v) is 3.96. The van der Waals surface area contributed by atoms with Crippen molar-refractivity contribution in [3.8, 4) is 11.3 Å². The Morgan fingerprint density at radius 1 is 1.23 bits per heavy atom. The maximum atomic E-state index is 11.0. The molecule has 1 heterocycles. The first-order chi connectivity index (χ1) is 10.3. The first-order valence-corrected chi connectivity index (χ1v) is 8.29. The molecular weight excluding hydrogens is 294 g/mol. The van der Waals surface area contributed by atoms with Gasteiger partial charge in [0.05, 0.1) is 10.7 Å². The van der Waals surface area contributed by atoms with Crippen molar-refractivity contribution in [1.29, 1.82) is 0 Å². The summed E-state index contributed by atoms with van der Waals surface area (Å²) in [5.41, 5.74) is 3.01. The number of nitrogens with one attached hydrogen (secondary N) is 2. The van der Waals surface area contributed by atoms with Crippen molar-refractivity contribution in [3.05, 3.63) is 34.7 Å². The van der Waals surface area contributed by atoms with Crippen LogP contribution in [-0.4, -0.2) is 23.0 Å². The number of carbonyl (C=O) groups excluding carboxylic acids is 1. The van der Waals surface area contributed by atoms with Gasteiger partial charge in [0.15, 0.2) is 0 Å². The fourth-order valence-corrected chi connectivity index (χ4v) is 2.84. The molecule has 22 heavy (non-hydrogen) atoms. The Morgan fingerprint density at radius 2 is 1.91 bits per heavy atom. The number of rotatable bonds is 5. The largest absolute Gasteiger partial charge is 0.326 e. The number of anilines is 1. The van der Waals surface area contributed by atoms with Crippen molar-refractivity contribution < 1.29 is 4.79 Å². The molecule has 1 aromatic carbocycles. The van der Waals surface area contributed by atoms with Crippen LogP contribution in [0.5, 0.6) is 0 Å². The van der Waals surface area contributed by atoms with Crippen molar-refractivity contribution in [2.45, 2.75) is 39.7 Å². The molecule has 2 aromatic rings. The van der Waals surface area contributed by atoms with Gasteiger partial charge in [-0.3, -0.25) is 4.79 Å². The van der Waals surface area contributed by atoms with Crippen LogP contribution in [-0.2, 0) is 11.2 Å². The van der Waals surface area contributed by atoms with E-state index in [1.165, 1.54) is 6.92 Å². The first kappa shape index (κ1) is 16.6. The molecule has 0 aliphatic carbocycles. The molecule has 0 saturated heterocycles. The Kier molecular flexibility index (Phi) is 5.32. The molecular formula is C17H23N3OS. The predicted octanol–water partition coefficient (Wildman–Crippen LogP) is 3.70. The summed E-state index contributed by atoms with van der Waals surface area (Å²) in [4.78, 5) is 15.7. The zero-order valence-corrected chi connectivity index (χ0v) is 14.4. The van der Waals surface area contributed by atoms with Gasteiger partial charge in [-0.1, -0.05) is 12.1 Å². The van der Waals surface area contributed by atoms with Crippen LogP contribution in [0.1, 0.15) is 32.7 Å². The summed E-state index contributed by atoms with van der Waals surface area (Å²) < 4.78 is 0. The maximum absolute atomic E-state index is 11.0. The molecule has 0 atom stereocenters. The molecule has 0 saturated carbocycles. The molecule has 4 nitrogen and oxygen atoms in total. The molecule has 2 N–H and O–H groups in total. The van der Waals surface area contributed by atoms with Gasteiger partial charge >= 0.3 is 0 Å². The quantitative estimate of drug-likeness (QED) is 0.884. The number of amides is 1. The maximum Gasteiger partial charge on any atom is 0.221 e. The highest BCUT2D eigenvalue weighted by molar-refractivity contribution is 7.09. The van der Waals surface area contributed by atoms with Crippen molar-refractivity contribution in [1.82, 2.24) is 10.3 Å². The van der Waals surface area contributed by atoms with Crippen LogP contribution in [0, 0.1) is 0 Å². The second-order valence-electron chi connectivity index (χ2n) is 6.31. The van der Waals surface area contributed by atoms with E-state index in [1.807, 2.05) is 24.3 Å². The van der Waals surface area contributed by atoms with Gasteiger partial charge in [0, 0.05) is 42.1 Å². The van der Waals surface area contributed by atoms with Gasteiger partial charge in [0.2, 0.25) is 5.91 Å². The minimum Gasteiger partial charge on any atom is -0.326 e. The third kappa shape index (κ3) is 5.24. The van der Waals surface area contributed by atoms with Crippen LogP contribution in [0.15, 0.2) is 29.6 Å². The van der Waals surface area contributed by atoms with E-state index in [1.54, 1.807) is 11.3 Å². The Bertz CT molecular complexity index is 626. The number of hydrogen-bond donors (Lipinski definition) is 2. The Morgan fingerprint density at radius 3 is 2.50 bits per heavy atom. The van der Waals surface area contributed by atoms with Crippen molar-refractivity contribution in [2.75, 3.05) is 11.9 Å². The van der Waals surface area contributed by atoms with Gasteiger partial charge in [-0.05, 0) is 32.9 Å². The molecule has 0 aliphatic rings. The number of thiazole rings is 1. The lowest BCUT2D eigenvalue weighted by Gasteiger charge is -2.19. The minimum absolute atomic E-state index is 0.0601. The highest BCUT2D eigenvalue weighted by Crippen LogP contribution is 2.23. The number of aromatic nitrogens is 1. The Labute approximate surface area is 136 Å². The van der Waals surface area contributed by atoms with Gasteiger partial charge < -0.3 is 10.6 Å². The van der Waals surface area contributed by atoms with E-state index in [-0.39, 0.29) is 11.4 Å². The minimum atomic E-state index is -0.0601. The van der Waals surface area contributed by atoms with E-state index in [9.17, 15) is 4.79 Å². The van der Waals surface area contributed by atoms with Gasteiger partial charge in [0.1, 0.15) is 0 Å².